The van der Waals surface area contributed by atoms with Gasteiger partial charge in [-0.1, -0.05) is 12.1 Å². The van der Waals surface area contributed by atoms with E-state index in [4.69, 9.17) is 0 Å². The maximum Gasteiger partial charge on any atom is 0.191 e. The van der Waals surface area contributed by atoms with Crippen LogP contribution in [0.1, 0.15) is 5.56 Å². The van der Waals surface area contributed by atoms with Gasteiger partial charge in [0.05, 0.1) is 6.54 Å². The number of aliphatic imine (C=N–C) groups is 1. The third-order valence-corrected chi connectivity index (χ3v) is 3.01. The van der Waals surface area contributed by atoms with Crippen molar-refractivity contribution in [3.05, 3.63) is 54.1 Å². The van der Waals surface area contributed by atoms with E-state index in [2.05, 4.69) is 20.7 Å². The molecule has 0 unspecified atom stereocenters. The predicted octanol–water partition coefficient (Wildman–Crippen LogP) is 1.43. The summed E-state index contributed by atoms with van der Waals surface area (Å²) in [6, 6.07) is 8.54. The van der Waals surface area contributed by atoms with E-state index in [1.807, 2.05) is 23.0 Å². The van der Waals surface area contributed by atoms with E-state index in [9.17, 15) is 4.39 Å². The molecule has 1 heterocycles. The van der Waals surface area contributed by atoms with Crippen LogP contribution in [0.4, 0.5) is 4.39 Å². The van der Waals surface area contributed by atoms with Crippen molar-refractivity contribution in [3.63, 3.8) is 0 Å². The molecule has 2 rings (SSSR count). The molecule has 0 saturated carbocycles. The van der Waals surface area contributed by atoms with Crippen molar-refractivity contribution in [1.82, 2.24) is 20.4 Å². The second kappa shape index (κ2) is 8.04. The van der Waals surface area contributed by atoms with Gasteiger partial charge >= 0.3 is 0 Å². The highest BCUT2D eigenvalue weighted by Gasteiger charge is 1.99. The summed E-state index contributed by atoms with van der Waals surface area (Å²) in [6.45, 7) is 2.21. The van der Waals surface area contributed by atoms with Gasteiger partial charge in [-0.15, -0.1) is 0 Å². The second-order valence-corrected chi connectivity index (χ2v) is 4.57. The second-order valence-electron chi connectivity index (χ2n) is 4.57. The van der Waals surface area contributed by atoms with Gasteiger partial charge in [0.15, 0.2) is 5.96 Å². The molecule has 0 bridgehead atoms. The zero-order valence-corrected chi connectivity index (χ0v) is 12.1. The van der Waals surface area contributed by atoms with Crippen LogP contribution in [0.3, 0.4) is 0 Å². The lowest BCUT2D eigenvalue weighted by molar-refractivity contribution is 0.597. The van der Waals surface area contributed by atoms with E-state index in [1.165, 1.54) is 6.07 Å². The first-order valence-electron chi connectivity index (χ1n) is 6.94. The Labute approximate surface area is 123 Å². The average molecular weight is 289 g/mol. The molecular weight excluding hydrogens is 269 g/mol. The number of aromatic nitrogens is 2. The van der Waals surface area contributed by atoms with Gasteiger partial charge in [-0.05, 0) is 30.2 Å². The Bertz CT molecular complexity index is 565. The van der Waals surface area contributed by atoms with E-state index in [-0.39, 0.29) is 5.82 Å². The summed E-state index contributed by atoms with van der Waals surface area (Å²) in [4.78, 5) is 4.15. The molecule has 112 valence electrons. The Morgan fingerprint density at radius 3 is 2.86 bits per heavy atom. The first kappa shape index (κ1) is 15.0. The Morgan fingerprint density at radius 1 is 1.29 bits per heavy atom. The summed E-state index contributed by atoms with van der Waals surface area (Å²) < 4.78 is 14.9. The lowest BCUT2D eigenvalue weighted by Crippen LogP contribution is -2.39. The van der Waals surface area contributed by atoms with Crippen molar-refractivity contribution in [2.75, 3.05) is 20.1 Å². The molecule has 0 atom stereocenters. The fraction of sp³-hybridized carbons (Fsp3) is 0.333. The normalized spacial score (nSPS) is 11.4. The Hall–Kier alpha value is -2.37. The quantitative estimate of drug-likeness (QED) is 0.625. The Balaban J connectivity index is 1.68. The molecular formula is C15H20FN5. The molecule has 2 aromatic rings. The highest BCUT2D eigenvalue weighted by Crippen LogP contribution is 2.03. The van der Waals surface area contributed by atoms with Gasteiger partial charge in [0.2, 0.25) is 0 Å². The molecule has 0 amide bonds. The molecule has 0 aliphatic heterocycles. The molecule has 5 nitrogen and oxygen atoms in total. The minimum atomic E-state index is -0.200. The molecule has 0 spiro atoms. The summed E-state index contributed by atoms with van der Waals surface area (Å²) in [7, 11) is 1.73. The molecule has 21 heavy (non-hydrogen) atoms. The number of hydrogen-bond donors (Lipinski definition) is 2. The SMILES string of the molecule is CN=C(NCCc1cccc(F)c1)NCCn1cccn1. The number of rotatable bonds is 6. The van der Waals surface area contributed by atoms with E-state index in [0.717, 1.165) is 31.0 Å². The topological polar surface area (TPSA) is 54.2 Å². The maximum atomic E-state index is 13.1. The number of benzene rings is 1. The Kier molecular flexibility index (Phi) is 5.75. The van der Waals surface area contributed by atoms with Gasteiger partial charge in [-0.25, -0.2) is 4.39 Å². The van der Waals surface area contributed by atoms with Gasteiger partial charge in [0, 0.05) is 32.5 Å². The fourth-order valence-corrected chi connectivity index (χ4v) is 1.96. The summed E-state index contributed by atoms with van der Waals surface area (Å²) in [5, 5.41) is 10.5. The number of guanidine groups is 1. The van der Waals surface area contributed by atoms with Crippen molar-refractivity contribution in [1.29, 1.82) is 0 Å². The Morgan fingerprint density at radius 2 is 2.14 bits per heavy atom. The molecule has 0 aliphatic rings. The van der Waals surface area contributed by atoms with Crippen LogP contribution in [-0.2, 0) is 13.0 Å². The summed E-state index contributed by atoms with van der Waals surface area (Å²) in [5.41, 5.74) is 0.967. The van der Waals surface area contributed by atoms with Crippen molar-refractivity contribution in [2.45, 2.75) is 13.0 Å². The highest BCUT2D eigenvalue weighted by molar-refractivity contribution is 5.79. The summed E-state index contributed by atoms with van der Waals surface area (Å²) in [5.74, 6) is 0.535. The van der Waals surface area contributed by atoms with Crippen LogP contribution in [0.5, 0.6) is 0 Å². The van der Waals surface area contributed by atoms with Gasteiger partial charge in [0.1, 0.15) is 5.82 Å². The van der Waals surface area contributed by atoms with Gasteiger partial charge < -0.3 is 10.6 Å². The number of nitrogens with zero attached hydrogens (tertiary/aromatic N) is 3. The molecule has 1 aromatic heterocycles. The van der Waals surface area contributed by atoms with Gasteiger partial charge in [0.25, 0.3) is 0 Å². The van der Waals surface area contributed by atoms with Crippen LogP contribution in [0.25, 0.3) is 0 Å². The first-order valence-corrected chi connectivity index (χ1v) is 6.94. The number of halogens is 1. The minimum absolute atomic E-state index is 0.200. The lowest BCUT2D eigenvalue weighted by Gasteiger charge is -2.12. The van der Waals surface area contributed by atoms with Crippen molar-refractivity contribution in [2.24, 2.45) is 4.99 Å². The van der Waals surface area contributed by atoms with E-state index >= 15 is 0 Å². The minimum Gasteiger partial charge on any atom is -0.356 e. The molecule has 2 N–H and O–H groups in total. The van der Waals surface area contributed by atoms with Gasteiger partial charge in [-0.3, -0.25) is 9.67 Å². The van der Waals surface area contributed by atoms with Crippen molar-refractivity contribution < 1.29 is 4.39 Å². The van der Waals surface area contributed by atoms with E-state index in [0.29, 0.717) is 6.54 Å². The number of hydrogen-bond acceptors (Lipinski definition) is 2. The monoisotopic (exact) mass is 289 g/mol. The van der Waals surface area contributed by atoms with Crippen LogP contribution < -0.4 is 10.6 Å². The van der Waals surface area contributed by atoms with Crippen LogP contribution in [-0.4, -0.2) is 35.9 Å². The van der Waals surface area contributed by atoms with Crippen LogP contribution in [0, 0.1) is 5.82 Å². The largest absolute Gasteiger partial charge is 0.356 e. The summed E-state index contributed by atoms with van der Waals surface area (Å²) >= 11 is 0. The lowest BCUT2D eigenvalue weighted by atomic mass is 10.1. The molecule has 0 fully saturated rings. The first-order chi connectivity index (χ1) is 10.3. The molecule has 1 aromatic carbocycles. The van der Waals surface area contributed by atoms with Crippen LogP contribution in [0.15, 0.2) is 47.7 Å². The third-order valence-electron chi connectivity index (χ3n) is 3.01. The molecule has 0 saturated heterocycles. The van der Waals surface area contributed by atoms with Gasteiger partial charge in [-0.2, -0.15) is 5.10 Å². The smallest absolute Gasteiger partial charge is 0.191 e. The van der Waals surface area contributed by atoms with Crippen LogP contribution >= 0.6 is 0 Å². The zero-order chi connectivity index (χ0) is 14.9. The van der Waals surface area contributed by atoms with Crippen molar-refractivity contribution >= 4 is 5.96 Å². The molecule has 0 aliphatic carbocycles. The van der Waals surface area contributed by atoms with Crippen LogP contribution in [0.2, 0.25) is 0 Å². The van der Waals surface area contributed by atoms with E-state index in [1.54, 1.807) is 25.4 Å². The molecule has 6 heteroatoms. The van der Waals surface area contributed by atoms with Crippen molar-refractivity contribution in [3.8, 4) is 0 Å². The summed E-state index contributed by atoms with van der Waals surface area (Å²) in [6.07, 6.45) is 4.42. The predicted molar refractivity (Wildman–Crippen MR) is 81.7 cm³/mol. The maximum absolute atomic E-state index is 13.1. The standard InChI is InChI=1S/C15H20FN5/c1-17-15(19-9-11-21-10-3-7-20-21)18-8-6-13-4-2-5-14(16)12-13/h2-5,7,10,12H,6,8-9,11H2,1H3,(H2,17,18,19). The zero-order valence-electron chi connectivity index (χ0n) is 12.1. The van der Waals surface area contributed by atoms with E-state index < -0.39 is 0 Å². The molecule has 0 radical (unpaired) electrons. The number of nitrogens with one attached hydrogen (secondary N) is 2. The average Bonchev–Trinajstić information content (AvgIpc) is 2.99. The third kappa shape index (κ3) is 5.25. The fourth-order valence-electron chi connectivity index (χ4n) is 1.96. The highest BCUT2D eigenvalue weighted by atomic mass is 19.1.